The van der Waals surface area contributed by atoms with Crippen molar-refractivity contribution in [3.63, 3.8) is 0 Å². The lowest BCUT2D eigenvalue weighted by atomic mass is 10.2. The zero-order chi connectivity index (χ0) is 13.4. The predicted molar refractivity (Wildman–Crippen MR) is 79.7 cm³/mol. The molecule has 102 valence electrons. The molecule has 3 heteroatoms. The van der Waals surface area contributed by atoms with Crippen LogP contribution in [0.3, 0.4) is 0 Å². The van der Waals surface area contributed by atoms with Crippen LogP contribution in [0, 0.1) is 6.92 Å². The van der Waals surface area contributed by atoms with Crippen LogP contribution in [0.4, 0.5) is 0 Å². The molecule has 1 aromatic carbocycles. The van der Waals surface area contributed by atoms with E-state index in [2.05, 4.69) is 36.7 Å². The summed E-state index contributed by atoms with van der Waals surface area (Å²) in [6.45, 7) is 7.93. The summed E-state index contributed by atoms with van der Waals surface area (Å²) in [5.74, 6) is 1.85. The van der Waals surface area contributed by atoms with Crippen molar-refractivity contribution >= 4 is 15.9 Å². The van der Waals surface area contributed by atoms with Crippen molar-refractivity contribution in [1.82, 2.24) is 0 Å². The van der Waals surface area contributed by atoms with Gasteiger partial charge in [-0.2, -0.15) is 0 Å². The van der Waals surface area contributed by atoms with Crippen LogP contribution in [0.2, 0.25) is 0 Å². The number of aryl methyl sites for hydroxylation is 1. The van der Waals surface area contributed by atoms with Crippen LogP contribution in [0.5, 0.6) is 11.5 Å². The van der Waals surface area contributed by atoms with Gasteiger partial charge < -0.3 is 9.47 Å². The molecule has 0 aromatic heterocycles. The van der Waals surface area contributed by atoms with Crippen LogP contribution in [-0.4, -0.2) is 13.2 Å². The van der Waals surface area contributed by atoms with Gasteiger partial charge in [0, 0.05) is 0 Å². The predicted octanol–water partition coefficient (Wildman–Crippen LogP) is 5.12. The van der Waals surface area contributed by atoms with Crippen molar-refractivity contribution in [1.29, 1.82) is 0 Å². The number of hydrogen-bond donors (Lipinski definition) is 0. The van der Waals surface area contributed by atoms with Gasteiger partial charge in [0.15, 0.2) is 0 Å². The molecule has 0 unspecified atom stereocenters. The third-order valence-electron chi connectivity index (χ3n) is 2.74. The van der Waals surface area contributed by atoms with Crippen molar-refractivity contribution in [2.45, 2.75) is 46.5 Å². The number of unbranched alkanes of at least 4 members (excludes halogenated alkanes) is 2. The molecule has 0 saturated carbocycles. The molecule has 0 spiro atoms. The summed E-state index contributed by atoms with van der Waals surface area (Å²) in [5, 5.41) is 0. The van der Waals surface area contributed by atoms with Crippen LogP contribution in [0.25, 0.3) is 0 Å². The maximum atomic E-state index is 5.75. The molecule has 0 aliphatic carbocycles. The average molecular weight is 315 g/mol. The average Bonchev–Trinajstić information content (AvgIpc) is 2.35. The number of rotatable bonds is 8. The van der Waals surface area contributed by atoms with E-state index in [1.165, 1.54) is 0 Å². The zero-order valence-corrected chi connectivity index (χ0v) is 13.2. The molecule has 0 N–H and O–H groups in total. The van der Waals surface area contributed by atoms with Gasteiger partial charge in [0.2, 0.25) is 0 Å². The Labute approximate surface area is 119 Å². The fourth-order valence-electron chi connectivity index (χ4n) is 1.56. The van der Waals surface area contributed by atoms with E-state index in [9.17, 15) is 0 Å². The lowest BCUT2D eigenvalue weighted by Gasteiger charge is -2.13. The first kappa shape index (κ1) is 15.4. The fourth-order valence-corrected chi connectivity index (χ4v) is 1.99. The Bertz CT molecular complexity index is 328. The van der Waals surface area contributed by atoms with E-state index >= 15 is 0 Å². The maximum absolute atomic E-state index is 5.75. The molecule has 0 bridgehead atoms. The second-order valence-corrected chi connectivity index (χ2v) is 5.31. The van der Waals surface area contributed by atoms with Crippen molar-refractivity contribution in [2.24, 2.45) is 0 Å². The monoisotopic (exact) mass is 314 g/mol. The minimum atomic E-state index is 0.768. The minimum absolute atomic E-state index is 0.768. The summed E-state index contributed by atoms with van der Waals surface area (Å²) in [4.78, 5) is 0. The summed E-state index contributed by atoms with van der Waals surface area (Å²) in [5.41, 5.74) is 1.13. The Hall–Kier alpha value is -0.700. The topological polar surface area (TPSA) is 18.5 Å². The maximum Gasteiger partial charge on any atom is 0.134 e. The largest absolute Gasteiger partial charge is 0.493 e. The third-order valence-corrected chi connectivity index (χ3v) is 3.36. The van der Waals surface area contributed by atoms with E-state index in [0.717, 1.165) is 60.4 Å². The van der Waals surface area contributed by atoms with E-state index in [0.29, 0.717) is 0 Å². The Balaban J connectivity index is 2.64. The summed E-state index contributed by atoms with van der Waals surface area (Å²) >= 11 is 3.54. The van der Waals surface area contributed by atoms with Gasteiger partial charge in [-0.15, -0.1) is 0 Å². The summed E-state index contributed by atoms with van der Waals surface area (Å²) < 4.78 is 12.5. The van der Waals surface area contributed by atoms with Crippen LogP contribution in [-0.2, 0) is 0 Å². The van der Waals surface area contributed by atoms with Gasteiger partial charge in [-0.25, -0.2) is 0 Å². The van der Waals surface area contributed by atoms with E-state index in [-0.39, 0.29) is 0 Å². The highest BCUT2D eigenvalue weighted by atomic mass is 79.9. The summed E-state index contributed by atoms with van der Waals surface area (Å²) in [7, 11) is 0. The molecule has 18 heavy (non-hydrogen) atoms. The van der Waals surface area contributed by atoms with Crippen molar-refractivity contribution in [3.8, 4) is 11.5 Å². The van der Waals surface area contributed by atoms with E-state index in [1.807, 2.05) is 12.1 Å². The highest BCUT2D eigenvalue weighted by molar-refractivity contribution is 9.10. The van der Waals surface area contributed by atoms with Crippen LogP contribution < -0.4 is 9.47 Å². The molecule has 0 atom stereocenters. The van der Waals surface area contributed by atoms with Gasteiger partial charge >= 0.3 is 0 Å². The molecule has 0 aliphatic heterocycles. The molecule has 0 saturated heterocycles. The Morgan fingerprint density at radius 3 is 2.06 bits per heavy atom. The number of benzene rings is 1. The molecular formula is C15H23BrO2. The van der Waals surface area contributed by atoms with Gasteiger partial charge in [0.1, 0.15) is 11.5 Å². The van der Waals surface area contributed by atoms with Crippen LogP contribution in [0.1, 0.15) is 45.1 Å². The molecule has 1 aromatic rings. The third kappa shape index (κ3) is 4.89. The quantitative estimate of drug-likeness (QED) is 0.620. The van der Waals surface area contributed by atoms with Crippen molar-refractivity contribution in [3.05, 3.63) is 22.2 Å². The smallest absolute Gasteiger partial charge is 0.134 e. The number of ether oxygens (including phenoxy) is 2. The van der Waals surface area contributed by atoms with Crippen LogP contribution >= 0.6 is 15.9 Å². The van der Waals surface area contributed by atoms with Gasteiger partial charge in [-0.05, 0) is 53.4 Å². The summed E-state index contributed by atoms with van der Waals surface area (Å²) in [6, 6.07) is 4.05. The zero-order valence-electron chi connectivity index (χ0n) is 11.6. The molecule has 2 nitrogen and oxygen atoms in total. The normalized spacial score (nSPS) is 10.4. The van der Waals surface area contributed by atoms with E-state index in [4.69, 9.17) is 9.47 Å². The van der Waals surface area contributed by atoms with E-state index < -0.39 is 0 Å². The first-order valence-corrected chi connectivity index (χ1v) is 7.54. The number of hydrogen-bond acceptors (Lipinski definition) is 2. The lowest BCUT2D eigenvalue weighted by molar-refractivity contribution is 0.298. The first-order chi connectivity index (χ1) is 8.69. The van der Waals surface area contributed by atoms with Gasteiger partial charge in [0.05, 0.1) is 17.7 Å². The molecule has 0 amide bonds. The second-order valence-electron chi connectivity index (χ2n) is 4.45. The Morgan fingerprint density at radius 1 is 0.944 bits per heavy atom. The lowest BCUT2D eigenvalue weighted by Crippen LogP contribution is -2.01. The molecule has 0 radical (unpaired) electrons. The fraction of sp³-hybridized carbons (Fsp3) is 0.600. The SMILES string of the molecule is CCCCOc1cc(Br)c(OCCCC)cc1C. The highest BCUT2D eigenvalue weighted by Gasteiger charge is 2.07. The van der Waals surface area contributed by atoms with Gasteiger partial charge in [-0.3, -0.25) is 0 Å². The van der Waals surface area contributed by atoms with Crippen molar-refractivity contribution < 1.29 is 9.47 Å². The molecule has 0 fully saturated rings. The Morgan fingerprint density at radius 2 is 1.50 bits per heavy atom. The van der Waals surface area contributed by atoms with Gasteiger partial charge in [-0.1, -0.05) is 26.7 Å². The summed E-state index contributed by atoms with van der Waals surface area (Å²) in [6.07, 6.45) is 4.47. The standard InChI is InChI=1S/C15H23BrO2/c1-4-6-8-17-14-11-13(16)15(10-12(14)3)18-9-7-5-2/h10-11H,4-9H2,1-3H3. The highest BCUT2D eigenvalue weighted by Crippen LogP contribution is 2.32. The first-order valence-electron chi connectivity index (χ1n) is 6.74. The van der Waals surface area contributed by atoms with E-state index in [1.54, 1.807) is 0 Å². The van der Waals surface area contributed by atoms with Crippen molar-refractivity contribution in [2.75, 3.05) is 13.2 Å². The number of halogens is 1. The van der Waals surface area contributed by atoms with Crippen LogP contribution in [0.15, 0.2) is 16.6 Å². The Kier molecular flexibility index (Phi) is 7.18. The molecule has 0 aliphatic rings. The second kappa shape index (κ2) is 8.41. The molecule has 1 rings (SSSR count). The van der Waals surface area contributed by atoms with Gasteiger partial charge in [0.25, 0.3) is 0 Å². The minimum Gasteiger partial charge on any atom is -0.493 e. The molecule has 0 heterocycles. The molecular weight excluding hydrogens is 292 g/mol.